The topological polar surface area (TPSA) is 64.7 Å². The van der Waals surface area contributed by atoms with E-state index in [0.717, 1.165) is 44.6 Å². The molecule has 0 bridgehead atoms. The molecular weight excluding hydrogens is 424 g/mol. The summed E-state index contributed by atoms with van der Waals surface area (Å²) in [6, 6.07) is 23.5. The summed E-state index contributed by atoms with van der Waals surface area (Å²) < 4.78 is 0. The molecule has 5 rings (SSSR count). The fourth-order valence-corrected chi connectivity index (χ4v) is 4.86. The summed E-state index contributed by atoms with van der Waals surface area (Å²) in [6.45, 7) is 4.28. The third kappa shape index (κ3) is 4.97. The van der Waals surface area contributed by atoms with E-state index in [2.05, 4.69) is 45.9 Å². The molecule has 2 aliphatic rings. The molecule has 3 aromatic carbocycles. The van der Waals surface area contributed by atoms with Crippen LogP contribution in [-0.4, -0.2) is 43.0 Å². The van der Waals surface area contributed by atoms with Crippen molar-refractivity contribution in [1.82, 2.24) is 10.2 Å². The monoisotopic (exact) mass is 454 g/mol. The van der Waals surface area contributed by atoms with Gasteiger partial charge in [-0.2, -0.15) is 0 Å². The standard InChI is InChI=1S/C28H30N4O2/c33-27(32-18-14-22-8-3-4-12-26(22)32)23-10-5-11-25(19-23)30-28(34)29-15-6-16-31-17-13-21-7-1-2-9-24(21)20-31/h1-5,7-12,19H,6,13-18,20H2,(H2,29,30,34). The minimum Gasteiger partial charge on any atom is -0.338 e. The van der Waals surface area contributed by atoms with Crippen LogP contribution in [0.2, 0.25) is 0 Å². The van der Waals surface area contributed by atoms with Gasteiger partial charge in [0.05, 0.1) is 0 Å². The highest BCUT2D eigenvalue weighted by Gasteiger charge is 2.25. The molecule has 3 amide bonds. The van der Waals surface area contributed by atoms with Gasteiger partial charge in [-0.1, -0.05) is 48.5 Å². The number of nitrogens with zero attached hydrogens (tertiary/aromatic N) is 2. The van der Waals surface area contributed by atoms with Gasteiger partial charge in [-0.25, -0.2) is 4.79 Å². The van der Waals surface area contributed by atoms with Crippen molar-refractivity contribution in [2.24, 2.45) is 0 Å². The van der Waals surface area contributed by atoms with Crippen LogP contribution in [0.5, 0.6) is 0 Å². The maximum atomic E-state index is 13.1. The van der Waals surface area contributed by atoms with Crippen molar-refractivity contribution < 1.29 is 9.59 Å². The summed E-state index contributed by atoms with van der Waals surface area (Å²) in [6.07, 6.45) is 2.84. The fourth-order valence-electron chi connectivity index (χ4n) is 4.86. The van der Waals surface area contributed by atoms with Gasteiger partial charge >= 0.3 is 6.03 Å². The van der Waals surface area contributed by atoms with Crippen molar-refractivity contribution in [3.8, 4) is 0 Å². The second-order valence-corrected chi connectivity index (χ2v) is 8.95. The van der Waals surface area contributed by atoms with Crippen molar-refractivity contribution in [2.45, 2.75) is 25.8 Å². The number of carbonyl (C=O) groups is 2. The van der Waals surface area contributed by atoms with Crippen LogP contribution in [0.1, 0.15) is 33.5 Å². The molecule has 3 aromatic rings. The summed E-state index contributed by atoms with van der Waals surface area (Å²) >= 11 is 0. The van der Waals surface area contributed by atoms with Crippen molar-refractivity contribution >= 4 is 23.3 Å². The first-order valence-electron chi connectivity index (χ1n) is 12.0. The van der Waals surface area contributed by atoms with Crippen LogP contribution < -0.4 is 15.5 Å². The van der Waals surface area contributed by atoms with Crippen LogP contribution in [0.25, 0.3) is 0 Å². The maximum Gasteiger partial charge on any atom is 0.319 e. The van der Waals surface area contributed by atoms with Crippen LogP contribution in [0.15, 0.2) is 72.8 Å². The molecule has 0 fully saturated rings. The Kier molecular flexibility index (Phi) is 6.58. The number of rotatable bonds is 6. The molecule has 0 saturated carbocycles. The van der Waals surface area contributed by atoms with Gasteiger partial charge in [-0.3, -0.25) is 9.69 Å². The molecule has 2 N–H and O–H groups in total. The molecule has 0 saturated heterocycles. The van der Waals surface area contributed by atoms with Gasteiger partial charge in [0.2, 0.25) is 0 Å². The molecule has 6 nitrogen and oxygen atoms in total. The SMILES string of the molecule is O=C(NCCCN1CCc2ccccc2C1)Nc1cccc(C(=O)N2CCc3ccccc32)c1. The number of hydrogen-bond acceptors (Lipinski definition) is 3. The van der Waals surface area contributed by atoms with Gasteiger partial charge in [0.15, 0.2) is 0 Å². The maximum absolute atomic E-state index is 13.1. The number of nitrogens with one attached hydrogen (secondary N) is 2. The molecule has 2 heterocycles. The second-order valence-electron chi connectivity index (χ2n) is 8.95. The minimum atomic E-state index is -0.250. The van der Waals surface area contributed by atoms with E-state index < -0.39 is 0 Å². The van der Waals surface area contributed by atoms with Crippen molar-refractivity contribution in [2.75, 3.05) is 36.4 Å². The average Bonchev–Trinajstić information content (AvgIpc) is 3.30. The molecule has 0 aliphatic carbocycles. The number of benzene rings is 3. The Morgan fingerprint density at radius 1 is 0.824 bits per heavy atom. The van der Waals surface area contributed by atoms with Gasteiger partial charge in [0.1, 0.15) is 0 Å². The zero-order valence-electron chi connectivity index (χ0n) is 19.3. The Morgan fingerprint density at radius 2 is 1.59 bits per heavy atom. The van der Waals surface area contributed by atoms with E-state index >= 15 is 0 Å². The average molecular weight is 455 g/mol. The molecule has 0 radical (unpaired) electrons. The Hall–Kier alpha value is -3.64. The van der Waals surface area contributed by atoms with Gasteiger partial charge in [0.25, 0.3) is 5.91 Å². The number of amides is 3. The van der Waals surface area contributed by atoms with Crippen LogP contribution in [0.3, 0.4) is 0 Å². The second kappa shape index (κ2) is 10.1. The summed E-state index contributed by atoms with van der Waals surface area (Å²) in [5.74, 6) is -0.0443. The highest BCUT2D eigenvalue weighted by atomic mass is 16.2. The van der Waals surface area contributed by atoms with Crippen molar-refractivity contribution in [3.05, 3.63) is 95.1 Å². The Bertz CT molecular complexity index is 1190. The van der Waals surface area contributed by atoms with Gasteiger partial charge < -0.3 is 15.5 Å². The predicted octanol–water partition coefficient (Wildman–Crippen LogP) is 4.46. The minimum absolute atomic E-state index is 0.0443. The summed E-state index contributed by atoms with van der Waals surface area (Å²) in [5, 5.41) is 5.80. The third-order valence-corrected chi connectivity index (χ3v) is 6.65. The highest BCUT2D eigenvalue weighted by molar-refractivity contribution is 6.08. The van der Waals surface area contributed by atoms with E-state index in [-0.39, 0.29) is 11.9 Å². The highest BCUT2D eigenvalue weighted by Crippen LogP contribution is 2.29. The Morgan fingerprint density at radius 3 is 2.47 bits per heavy atom. The van der Waals surface area contributed by atoms with E-state index in [1.807, 2.05) is 23.1 Å². The lowest BCUT2D eigenvalue weighted by atomic mass is 10.00. The van der Waals surface area contributed by atoms with Gasteiger partial charge in [0, 0.05) is 49.7 Å². The van der Waals surface area contributed by atoms with E-state index in [9.17, 15) is 9.59 Å². The number of urea groups is 1. The van der Waals surface area contributed by atoms with Crippen LogP contribution in [0, 0.1) is 0 Å². The van der Waals surface area contributed by atoms with E-state index in [4.69, 9.17) is 0 Å². The molecule has 2 aliphatic heterocycles. The number of fused-ring (bicyclic) bond motifs is 2. The molecule has 6 heteroatoms. The molecule has 0 unspecified atom stereocenters. The lowest BCUT2D eigenvalue weighted by Gasteiger charge is -2.28. The fraction of sp³-hybridized carbons (Fsp3) is 0.286. The first-order valence-corrected chi connectivity index (χ1v) is 12.0. The molecule has 174 valence electrons. The molecule has 0 aromatic heterocycles. The number of carbonyl (C=O) groups excluding carboxylic acids is 2. The lowest BCUT2D eigenvalue weighted by Crippen LogP contribution is -2.35. The predicted molar refractivity (Wildman–Crippen MR) is 135 cm³/mol. The molecule has 0 atom stereocenters. The quantitative estimate of drug-likeness (QED) is 0.541. The summed E-state index contributed by atoms with van der Waals surface area (Å²) in [5.41, 5.74) is 6.21. The lowest BCUT2D eigenvalue weighted by molar-refractivity contribution is 0.0989. The van der Waals surface area contributed by atoms with E-state index in [0.29, 0.717) is 24.3 Å². The molecule has 0 spiro atoms. The van der Waals surface area contributed by atoms with Crippen molar-refractivity contribution in [3.63, 3.8) is 0 Å². The molecule has 34 heavy (non-hydrogen) atoms. The van der Waals surface area contributed by atoms with E-state index in [1.165, 1.54) is 16.7 Å². The number of para-hydroxylation sites is 1. The third-order valence-electron chi connectivity index (χ3n) is 6.65. The summed E-state index contributed by atoms with van der Waals surface area (Å²) in [4.78, 5) is 29.7. The number of hydrogen-bond donors (Lipinski definition) is 2. The van der Waals surface area contributed by atoms with Gasteiger partial charge in [-0.05, 0) is 60.2 Å². The van der Waals surface area contributed by atoms with Crippen LogP contribution in [-0.2, 0) is 19.4 Å². The van der Waals surface area contributed by atoms with E-state index in [1.54, 1.807) is 24.3 Å². The molecular formula is C28H30N4O2. The smallest absolute Gasteiger partial charge is 0.319 e. The Balaban J connectivity index is 1.09. The summed E-state index contributed by atoms with van der Waals surface area (Å²) in [7, 11) is 0. The normalized spacial score (nSPS) is 14.9. The van der Waals surface area contributed by atoms with Crippen molar-refractivity contribution in [1.29, 1.82) is 0 Å². The van der Waals surface area contributed by atoms with Gasteiger partial charge in [-0.15, -0.1) is 0 Å². The van der Waals surface area contributed by atoms with Crippen LogP contribution >= 0.6 is 0 Å². The first-order chi connectivity index (χ1) is 16.7. The zero-order valence-corrected chi connectivity index (χ0v) is 19.3. The number of anilines is 2. The zero-order chi connectivity index (χ0) is 23.3. The van der Waals surface area contributed by atoms with Crippen LogP contribution in [0.4, 0.5) is 16.2 Å². The largest absolute Gasteiger partial charge is 0.338 e. The first kappa shape index (κ1) is 22.2. The Labute approximate surface area is 200 Å².